The molecule has 11 nitrogen and oxygen atoms in total. The molecule has 1 rings (SSSR count). The van der Waals surface area contributed by atoms with Gasteiger partial charge in [0.15, 0.2) is 5.40 Å². The molecule has 25 heavy (non-hydrogen) atoms. The molecule has 0 radical (unpaired) electrons. The van der Waals surface area contributed by atoms with Crippen LogP contribution in [0.15, 0.2) is 30.3 Å². The molecule has 0 aliphatic rings. The molecular formula is C11H19NO10P2S. The molecule has 0 bridgehead atoms. The van der Waals surface area contributed by atoms with Crippen molar-refractivity contribution in [1.29, 1.82) is 0 Å². The minimum Gasteiger partial charge on any atom is -0.324 e. The molecule has 0 aliphatic carbocycles. The first kappa shape index (κ1) is 22.4. The SMILES string of the molecule is O=P(O)(O)C(CNC(CCc1ccccc1)OS(=O)(=O)O)P(=O)(O)O. The van der Waals surface area contributed by atoms with Gasteiger partial charge in [-0.3, -0.25) is 19.0 Å². The summed E-state index contributed by atoms with van der Waals surface area (Å²) in [6.45, 7) is -0.927. The van der Waals surface area contributed by atoms with Crippen LogP contribution in [0, 0.1) is 0 Å². The molecule has 0 saturated heterocycles. The van der Waals surface area contributed by atoms with Gasteiger partial charge in [0.05, 0.1) is 0 Å². The van der Waals surface area contributed by atoms with Crippen molar-refractivity contribution in [2.75, 3.05) is 6.54 Å². The Hall–Kier alpha value is -0.650. The van der Waals surface area contributed by atoms with Gasteiger partial charge in [-0.15, -0.1) is 0 Å². The summed E-state index contributed by atoms with van der Waals surface area (Å²) in [5.74, 6) is 0. The molecule has 1 aromatic carbocycles. The molecular weight excluding hydrogens is 400 g/mol. The molecule has 144 valence electrons. The van der Waals surface area contributed by atoms with E-state index in [2.05, 4.69) is 9.50 Å². The number of rotatable bonds is 10. The van der Waals surface area contributed by atoms with Crippen molar-refractivity contribution < 1.29 is 45.9 Å². The minimum absolute atomic E-state index is 0.0567. The fraction of sp³-hybridized carbons (Fsp3) is 0.455. The van der Waals surface area contributed by atoms with Gasteiger partial charge in [0.1, 0.15) is 6.23 Å². The van der Waals surface area contributed by atoms with Gasteiger partial charge in [0, 0.05) is 6.54 Å². The number of benzene rings is 1. The van der Waals surface area contributed by atoms with Gasteiger partial charge < -0.3 is 19.6 Å². The van der Waals surface area contributed by atoms with Crippen LogP contribution in [0.1, 0.15) is 12.0 Å². The maximum atomic E-state index is 11.2. The molecule has 0 heterocycles. The van der Waals surface area contributed by atoms with E-state index >= 15 is 0 Å². The molecule has 0 amide bonds. The van der Waals surface area contributed by atoms with Crippen LogP contribution in [0.4, 0.5) is 0 Å². The highest BCUT2D eigenvalue weighted by Gasteiger charge is 2.43. The predicted octanol–water partition coefficient (Wildman–Crippen LogP) is 0.0358. The van der Waals surface area contributed by atoms with Crippen molar-refractivity contribution in [3.8, 4) is 0 Å². The third-order valence-corrected chi connectivity index (χ3v) is 7.28. The van der Waals surface area contributed by atoms with Crippen molar-refractivity contribution in [3.05, 3.63) is 35.9 Å². The van der Waals surface area contributed by atoms with Crippen LogP contribution in [0.2, 0.25) is 0 Å². The lowest BCUT2D eigenvalue weighted by Crippen LogP contribution is -2.39. The Morgan fingerprint density at radius 2 is 1.56 bits per heavy atom. The van der Waals surface area contributed by atoms with Crippen LogP contribution in [0.3, 0.4) is 0 Å². The van der Waals surface area contributed by atoms with Crippen LogP contribution < -0.4 is 5.32 Å². The molecule has 0 saturated carbocycles. The third kappa shape index (κ3) is 9.02. The molecule has 14 heteroatoms. The first-order chi connectivity index (χ1) is 11.3. The first-order valence-electron chi connectivity index (χ1n) is 6.82. The van der Waals surface area contributed by atoms with Crippen LogP contribution >= 0.6 is 15.2 Å². The normalized spacial score (nSPS) is 14.6. The van der Waals surface area contributed by atoms with E-state index in [1.807, 2.05) is 0 Å². The third-order valence-electron chi connectivity index (χ3n) is 3.08. The van der Waals surface area contributed by atoms with Crippen molar-refractivity contribution in [2.45, 2.75) is 24.5 Å². The van der Waals surface area contributed by atoms with Gasteiger partial charge in [0.25, 0.3) is 0 Å². The highest BCUT2D eigenvalue weighted by molar-refractivity contribution is 7.80. The van der Waals surface area contributed by atoms with Crippen LogP contribution in [0.25, 0.3) is 0 Å². The van der Waals surface area contributed by atoms with E-state index in [0.717, 1.165) is 5.56 Å². The van der Waals surface area contributed by atoms with Crippen LogP contribution in [-0.4, -0.2) is 50.7 Å². The lowest BCUT2D eigenvalue weighted by atomic mass is 10.1. The monoisotopic (exact) mass is 419 g/mol. The minimum atomic E-state index is -5.17. The maximum Gasteiger partial charge on any atom is 0.398 e. The Kier molecular flexibility index (Phi) is 7.91. The molecule has 0 spiro atoms. The Morgan fingerprint density at radius 1 is 1.04 bits per heavy atom. The second kappa shape index (κ2) is 8.83. The topological polar surface area (TPSA) is 191 Å². The zero-order valence-corrected chi connectivity index (χ0v) is 15.3. The fourth-order valence-corrected chi connectivity index (χ4v) is 4.66. The summed E-state index contributed by atoms with van der Waals surface area (Å²) in [5.41, 5.74) is 0.787. The van der Waals surface area contributed by atoms with Gasteiger partial charge >= 0.3 is 25.6 Å². The lowest BCUT2D eigenvalue weighted by molar-refractivity contribution is 0.141. The van der Waals surface area contributed by atoms with Crippen molar-refractivity contribution in [3.63, 3.8) is 0 Å². The highest BCUT2D eigenvalue weighted by Crippen LogP contribution is 2.59. The smallest absolute Gasteiger partial charge is 0.324 e. The van der Waals surface area contributed by atoms with Gasteiger partial charge in [-0.05, 0) is 18.4 Å². The van der Waals surface area contributed by atoms with Crippen molar-refractivity contribution in [2.24, 2.45) is 0 Å². The Bertz CT molecular complexity index is 721. The Labute approximate surface area is 144 Å². The van der Waals surface area contributed by atoms with Gasteiger partial charge in [-0.25, -0.2) is 4.18 Å². The van der Waals surface area contributed by atoms with E-state index in [1.165, 1.54) is 0 Å². The molecule has 1 atom stereocenters. The van der Waals surface area contributed by atoms with E-state index in [9.17, 15) is 17.5 Å². The summed E-state index contributed by atoms with van der Waals surface area (Å²) in [7, 11) is -15.2. The standard InChI is InChI=1S/C11H19NO10P2S/c13-23(14,15)11(24(16,17)18)8-12-10(22-25(19,20)21)7-6-9-4-2-1-3-5-9/h1-5,10-12H,6-8H2,(H2,13,14,15)(H2,16,17,18)(H,19,20,21). The molecule has 1 aromatic rings. The van der Waals surface area contributed by atoms with E-state index in [4.69, 9.17) is 24.1 Å². The fourth-order valence-electron chi connectivity index (χ4n) is 1.94. The Morgan fingerprint density at radius 3 is 2.00 bits per heavy atom. The van der Waals surface area contributed by atoms with Gasteiger partial charge in [0.2, 0.25) is 0 Å². The van der Waals surface area contributed by atoms with Crippen molar-refractivity contribution >= 4 is 25.6 Å². The van der Waals surface area contributed by atoms with E-state index in [-0.39, 0.29) is 12.8 Å². The molecule has 0 fully saturated rings. The molecule has 6 N–H and O–H groups in total. The average Bonchev–Trinajstić information content (AvgIpc) is 2.41. The van der Waals surface area contributed by atoms with Gasteiger partial charge in [-0.2, -0.15) is 8.42 Å². The summed E-state index contributed by atoms with van der Waals surface area (Å²) in [6.07, 6.45) is -1.24. The number of hydrogen-bond acceptors (Lipinski definition) is 6. The zero-order chi connectivity index (χ0) is 19.3. The first-order valence-corrected chi connectivity index (χ1v) is 11.6. The summed E-state index contributed by atoms with van der Waals surface area (Å²) < 4.78 is 57.3. The molecule has 1 unspecified atom stereocenters. The largest absolute Gasteiger partial charge is 0.398 e. The van der Waals surface area contributed by atoms with Crippen LogP contribution in [-0.2, 0) is 30.1 Å². The second-order valence-electron chi connectivity index (χ2n) is 5.10. The molecule has 0 aliphatic heterocycles. The maximum absolute atomic E-state index is 11.2. The second-order valence-corrected chi connectivity index (χ2v) is 10.2. The zero-order valence-electron chi connectivity index (χ0n) is 12.7. The number of aryl methyl sites for hydroxylation is 1. The van der Waals surface area contributed by atoms with E-state index < -0.39 is 43.8 Å². The summed E-state index contributed by atoms with van der Waals surface area (Å²) >= 11 is 0. The summed E-state index contributed by atoms with van der Waals surface area (Å²) in [5, 5.41) is -0.157. The van der Waals surface area contributed by atoms with E-state index in [0.29, 0.717) is 0 Å². The van der Waals surface area contributed by atoms with Gasteiger partial charge in [-0.1, -0.05) is 30.3 Å². The summed E-state index contributed by atoms with van der Waals surface area (Å²) in [4.78, 5) is 36.1. The predicted molar refractivity (Wildman–Crippen MR) is 87.1 cm³/mol. The highest BCUT2D eigenvalue weighted by atomic mass is 32.3. The lowest BCUT2D eigenvalue weighted by Gasteiger charge is -2.23. The van der Waals surface area contributed by atoms with Crippen molar-refractivity contribution in [1.82, 2.24) is 5.32 Å². The number of hydrogen-bond donors (Lipinski definition) is 6. The van der Waals surface area contributed by atoms with E-state index in [1.54, 1.807) is 30.3 Å². The molecule has 0 aromatic heterocycles. The Balaban J connectivity index is 2.82. The average molecular weight is 419 g/mol. The quantitative estimate of drug-likeness (QED) is 0.170. The van der Waals surface area contributed by atoms with Crippen LogP contribution in [0.5, 0.6) is 0 Å². The number of nitrogens with one attached hydrogen (secondary N) is 1. The summed E-state index contributed by atoms with van der Waals surface area (Å²) in [6, 6.07) is 8.70.